The van der Waals surface area contributed by atoms with E-state index in [4.69, 9.17) is 15.2 Å². The van der Waals surface area contributed by atoms with Crippen LogP contribution in [0, 0.1) is 0 Å². The van der Waals surface area contributed by atoms with Crippen molar-refractivity contribution in [1.82, 2.24) is 4.98 Å². The second-order valence-corrected chi connectivity index (χ2v) is 4.28. The van der Waals surface area contributed by atoms with Gasteiger partial charge in [0.2, 0.25) is 0 Å². The summed E-state index contributed by atoms with van der Waals surface area (Å²) >= 11 is 1.43. The largest absolute Gasteiger partial charge is 0.497 e. The van der Waals surface area contributed by atoms with Gasteiger partial charge < -0.3 is 15.2 Å². The number of nitrogens with zero attached hydrogens (tertiary/aromatic N) is 1. The van der Waals surface area contributed by atoms with Crippen LogP contribution in [0.4, 0.5) is 5.13 Å². The van der Waals surface area contributed by atoms with Crippen molar-refractivity contribution in [2.24, 2.45) is 0 Å². The number of hydrogen-bond acceptors (Lipinski definition) is 5. The van der Waals surface area contributed by atoms with E-state index in [2.05, 4.69) is 4.98 Å². The van der Waals surface area contributed by atoms with Gasteiger partial charge in [0.1, 0.15) is 18.1 Å². The number of thiazole rings is 1. The summed E-state index contributed by atoms with van der Waals surface area (Å²) in [7, 11) is 1.63. The van der Waals surface area contributed by atoms with Crippen molar-refractivity contribution in [2.45, 2.75) is 6.61 Å². The first-order valence-electron chi connectivity index (χ1n) is 4.75. The van der Waals surface area contributed by atoms with Gasteiger partial charge in [-0.05, 0) is 24.3 Å². The van der Waals surface area contributed by atoms with Gasteiger partial charge in [-0.25, -0.2) is 4.98 Å². The number of methoxy groups -OCH3 is 1. The van der Waals surface area contributed by atoms with Gasteiger partial charge in [-0.1, -0.05) is 11.3 Å². The number of hydrogen-bond donors (Lipinski definition) is 1. The smallest absolute Gasteiger partial charge is 0.180 e. The van der Waals surface area contributed by atoms with Crippen molar-refractivity contribution in [1.29, 1.82) is 0 Å². The molecule has 1 aromatic heterocycles. The van der Waals surface area contributed by atoms with Crippen LogP contribution in [-0.2, 0) is 6.61 Å². The molecule has 0 aliphatic heterocycles. The van der Waals surface area contributed by atoms with Gasteiger partial charge in [-0.2, -0.15) is 0 Å². The maximum Gasteiger partial charge on any atom is 0.180 e. The lowest BCUT2D eigenvalue weighted by molar-refractivity contribution is 0.309. The number of nitrogens with two attached hydrogens (primary N) is 1. The number of benzene rings is 1. The molecule has 0 fully saturated rings. The standard InChI is InChI=1S/C11H12N2O2S/c1-14-8-2-4-9(5-3-8)15-7-10-6-13-11(12)16-10/h2-6H,7H2,1H3,(H2,12,13). The van der Waals surface area contributed by atoms with Crippen LogP contribution < -0.4 is 15.2 Å². The summed E-state index contributed by atoms with van der Waals surface area (Å²) in [4.78, 5) is 4.96. The van der Waals surface area contributed by atoms with E-state index in [-0.39, 0.29) is 0 Å². The molecule has 0 unspecified atom stereocenters. The molecule has 84 valence electrons. The second-order valence-electron chi connectivity index (χ2n) is 3.13. The van der Waals surface area contributed by atoms with E-state index in [1.54, 1.807) is 13.3 Å². The van der Waals surface area contributed by atoms with Gasteiger partial charge in [0.15, 0.2) is 5.13 Å². The first-order chi connectivity index (χ1) is 7.78. The fraction of sp³-hybridized carbons (Fsp3) is 0.182. The van der Waals surface area contributed by atoms with Gasteiger partial charge in [0, 0.05) is 6.20 Å². The highest BCUT2D eigenvalue weighted by Crippen LogP contribution is 2.20. The highest BCUT2D eigenvalue weighted by molar-refractivity contribution is 7.15. The molecule has 2 N–H and O–H groups in total. The summed E-state index contributed by atoms with van der Waals surface area (Å²) in [5, 5.41) is 0.563. The zero-order chi connectivity index (χ0) is 11.4. The Morgan fingerprint density at radius 1 is 1.25 bits per heavy atom. The van der Waals surface area contributed by atoms with E-state index < -0.39 is 0 Å². The van der Waals surface area contributed by atoms with Gasteiger partial charge in [0.25, 0.3) is 0 Å². The molecule has 0 saturated heterocycles. The molecule has 4 nitrogen and oxygen atoms in total. The number of ether oxygens (including phenoxy) is 2. The van der Waals surface area contributed by atoms with Crippen molar-refractivity contribution in [3.8, 4) is 11.5 Å². The van der Waals surface area contributed by atoms with E-state index in [1.807, 2.05) is 24.3 Å². The fourth-order valence-electron chi connectivity index (χ4n) is 1.22. The molecule has 1 heterocycles. The van der Waals surface area contributed by atoms with Crippen LogP contribution in [0.3, 0.4) is 0 Å². The first-order valence-corrected chi connectivity index (χ1v) is 5.56. The molecule has 2 rings (SSSR count). The molecule has 0 radical (unpaired) electrons. The number of anilines is 1. The van der Waals surface area contributed by atoms with Crippen LogP contribution in [0.25, 0.3) is 0 Å². The SMILES string of the molecule is COc1ccc(OCc2cnc(N)s2)cc1. The number of rotatable bonds is 4. The van der Waals surface area contributed by atoms with Crippen LogP contribution in [0.15, 0.2) is 30.5 Å². The molecule has 0 spiro atoms. The lowest BCUT2D eigenvalue weighted by Crippen LogP contribution is -1.92. The highest BCUT2D eigenvalue weighted by Gasteiger charge is 2.00. The Balaban J connectivity index is 1.94. The monoisotopic (exact) mass is 236 g/mol. The molecule has 0 bridgehead atoms. The van der Waals surface area contributed by atoms with Crippen molar-refractivity contribution >= 4 is 16.5 Å². The van der Waals surface area contributed by atoms with Crippen molar-refractivity contribution < 1.29 is 9.47 Å². The Kier molecular flexibility index (Phi) is 3.26. The van der Waals surface area contributed by atoms with E-state index in [0.717, 1.165) is 16.4 Å². The predicted molar refractivity (Wildman–Crippen MR) is 63.9 cm³/mol. The molecule has 1 aromatic carbocycles. The number of aromatic nitrogens is 1. The topological polar surface area (TPSA) is 57.4 Å². The molecule has 2 aromatic rings. The van der Waals surface area contributed by atoms with Gasteiger partial charge >= 0.3 is 0 Å². The average molecular weight is 236 g/mol. The fourth-order valence-corrected chi connectivity index (χ4v) is 1.81. The van der Waals surface area contributed by atoms with Gasteiger partial charge in [-0.15, -0.1) is 0 Å². The zero-order valence-electron chi connectivity index (χ0n) is 8.84. The molecule has 0 saturated carbocycles. The lowest BCUT2D eigenvalue weighted by atomic mass is 10.3. The summed E-state index contributed by atoms with van der Waals surface area (Å²) in [5.41, 5.74) is 5.52. The third kappa shape index (κ3) is 2.64. The summed E-state index contributed by atoms with van der Waals surface area (Å²) in [6.45, 7) is 0.487. The summed E-state index contributed by atoms with van der Waals surface area (Å²) in [5.74, 6) is 1.61. The average Bonchev–Trinajstić information content (AvgIpc) is 2.73. The minimum atomic E-state index is 0.487. The maximum atomic E-state index is 5.56. The molecule has 0 amide bonds. The third-order valence-corrected chi connectivity index (χ3v) is 2.81. The first kappa shape index (κ1) is 10.8. The van der Waals surface area contributed by atoms with Crippen molar-refractivity contribution in [3.05, 3.63) is 35.3 Å². The van der Waals surface area contributed by atoms with Crippen LogP contribution in [0.1, 0.15) is 4.88 Å². The second kappa shape index (κ2) is 4.85. The van der Waals surface area contributed by atoms with Gasteiger partial charge in [0.05, 0.1) is 12.0 Å². The zero-order valence-corrected chi connectivity index (χ0v) is 9.66. The number of nitrogen functional groups attached to an aromatic ring is 1. The molecular formula is C11H12N2O2S. The predicted octanol–water partition coefficient (Wildman–Crippen LogP) is 2.31. The molecular weight excluding hydrogens is 224 g/mol. The molecule has 0 aliphatic carbocycles. The van der Waals surface area contributed by atoms with Crippen LogP contribution >= 0.6 is 11.3 Å². The van der Waals surface area contributed by atoms with Crippen LogP contribution in [0.5, 0.6) is 11.5 Å². The van der Waals surface area contributed by atoms with E-state index in [0.29, 0.717) is 11.7 Å². The van der Waals surface area contributed by atoms with Crippen molar-refractivity contribution in [3.63, 3.8) is 0 Å². The highest BCUT2D eigenvalue weighted by atomic mass is 32.1. The summed E-state index contributed by atoms with van der Waals surface area (Å²) in [6, 6.07) is 7.44. The van der Waals surface area contributed by atoms with Crippen LogP contribution in [0.2, 0.25) is 0 Å². The Hall–Kier alpha value is -1.75. The summed E-state index contributed by atoms with van der Waals surface area (Å²) in [6.07, 6.45) is 1.73. The molecule has 0 aliphatic rings. The Morgan fingerprint density at radius 2 is 1.94 bits per heavy atom. The molecule has 0 atom stereocenters. The Labute approximate surface area is 97.6 Å². The normalized spacial score (nSPS) is 10.1. The Morgan fingerprint density at radius 3 is 2.50 bits per heavy atom. The molecule has 16 heavy (non-hydrogen) atoms. The van der Waals surface area contributed by atoms with E-state index >= 15 is 0 Å². The Bertz CT molecular complexity index is 453. The third-order valence-electron chi connectivity index (χ3n) is 2.01. The summed E-state index contributed by atoms with van der Waals surface area (Å²) < 4.78 is 10.6. The minimum Gasteiger partial charge on any atom is -0.497 e. The maximum absolute atomic E-state index is 5.56. The quantitative estimate of drug-likeness (QED) is 0.885. The van der Waals surface area contributed by atoms with Crippen LogP contribution in [-0.4, -0.2) is 12.1 Å². The van der Waals surface area contributed by atoms with Gasteiger partial charge in [-0.3, -0.25) is 0 Å². The van der Waals surface area contributed by atoms with Crippen molar-refractivity contribution in [2.75, 3.05) is 12.8 Å². The molecule has 5 heteroatoms. The lowest BCUT2D eigenvalue weighted by Gasteiger charge is -2.05. The minimum absolute atomic E-state index is 0.487. The van der Waals surface area contributed by atoms with E-state index in [1.165, 1.54) is 11.3 Å². The van der Waals surface area contributed by atoms with E-state index in [9.17, 15) is 0 Å².